The fraction of sp³-hybridized carbons (Fsp3) is 0.167. The van der Waals surface area contributed by atoms with Gasteiger partial charge in [0.05, 0.1) is 17.8 Å². The molecule has 0 aliphatic heterocycles. The van der Waals surface area contributed by atoms with Crippen molar-refractivity contribution in [1.82, 2.24) is 15.3 Å². The molecule has 24 heavy (non-hydrogen) atoms. The minimum absolute atomic E-state index is 0.164. The van der Waals surface area contributed by atoms with Gasteiger partial charge in [0, 0.05) is 30.1 Å². The Morgan fingerprint density at radius 2 is 2.04 bits per heavy atom. The van der Waals surface area contributed by atoms with Gasteiger partial charge in [-0.1, -0.05) is 6.07 Å². The molecule has 0 fully saturated rings. The molecule has 2 heterocycles. The molecule has 122 valence electrons. The second-order valence-corrected chi connectivity index (χ2v) is 6.02. The zero-order valence-corrected chi connectivity index (χ0v) is 14.0. The third kappa shape index (κ3) is 3.97. The molecule has 3 rings (SSSR count). The van der Waals surface area contributed by atoms with E-state index < -0.39 is 0 Å². The monoisotopic (exact) mass is 339 g/mol. The van der Waals surface area contributed by atoms with E-state index >= 15 is 0 Å². The van der Waals surface area contributed by atoms with Crippen LogP contribution in [0.1, 0.15) is 15.5 Å². The summed E-state index contributed by atoms with van der Waals surface area (Å²) in [7, 11) is 1.65. The van der Waals surface area contributed by atoms with Crippen molar-refractivity contribution in [2.75, 3.05) is 13.7 Å². The summed E-state index contributed by atoms with van der Waals surface area (Å²) in [5.41, 5.74) is 2.42. The van der Waals surface area contributed by atoms with Crippen molar-refractivity contribution in [3.63, 3.8) is 0 Å². The molecule has 0 bridgehead atoms. The molecule has 0 spiro atoms. The van der Waals surface area contributed by atoms with Gasteiger partial charge < -0.3 is 10.1 Å². The number of benzene rings is 1. The molecule has 0 atom stereocenters. The van der Waals surface area contributed by atoms with Crippen LogP contribution >= 0.6 is 11.3 Å². The van der Waals surface area contributed by atoms with Crippen molar-refractivity contribution in [2.45, 2.75) is 6.42 Å². The molecule has 0 radical (unpaired) electrons. The van der Waals surface area contributed by atoms with Crippen LogP contribution in [0.5, 0.6) is 5.75 Å². The zero-order chi connectivity index (χ0) is 16.8. The van der Waals surface area contributed by atoms with E-state index in [9.17, 15) is 4.79 Å². The summed E-state index contributed by atoms with van der Waals surface area (Å²) in [4.78, 5) is 20.6. The van der Waals surface area contributed by atoms with Crippen LogP contribution in [0.2, 0.25) is 0 Å². The Balaban J connectivity index is 1.55. The highest BCUT2D eigenvalue weighted by atomic mass is 32.1. The maximum atomic E-state index is 11.9. The summed E-state index contributed by atoms with van der Waals surface area (Å²) < 4.78 is 5.16. The molecular weight excluding hydrogens is 322 g/mol. The number of pyridine rings is 1. The lowest BCUT2D eigenvalue weighted by atomic mass is 10.2. The predicted octanol–water partition coefficient (Wildman–Crippen LogP) is 3.19. The number of hydrogen-bond donors (Lipinski definition) is 1. The number of aromatic nitrogens is 2. The fourth-order valence-electron chi connectivity index (χ4n) is 2.19. The van der Waals surface area contributed by atoms with Gasteiger partial charge in [0.1, 0.15) is 11.4 Å². The molecule has 0 aliphatic carbocycles. The van der Waals surface area contributed by atoms with E-state index in [2.05, 4.69) is 15.3 Å². The average molecular weight is 339 g/mol. The topological polar surface area (TPSA) is 64.1 Å². The van der Waals surface area contributed by atoms with Crippen molar-refractivity contribution in [3.8, 4) is 17.0 Å². The number of nitrogens with one attached hydrogen (secondary N) is 1. The van der Waals surface area contributed by atoms with Crippen molar-refractivity contribution in [2.24, 2.45) is 0 Å². The first-order valence-electron chi connectivity index (χ1n) is 7.54. The van der Waals surface area contributed by atoms with Crippen LogP contribution in [0.3, 0.4) is 0 Å². The maximum absolute atomic E-state index is 11.9. The van der Waals surface area contributed by atoms with Crippen molar-refractivity contribution in [3.05, 3.63) is 64.7 Å². The first kappa shape index (κ1) is 16.1. The number of nitrogens with zero attached hydrogens (tertiary/aromatic N) is 2. The third-order valence-corrected chi connectivity index (χ3v) is 4.37. The normalized spacial score (nSPS) is 10.4. The highest BCUT2D eigenvalue weighted by molar-refractivity contribution is 7.09. The van der Waals surface area contributed by atoms with Crippen molar-refractivity contribution < 1.29 is 9.53 Å². The van der Waals surface area contributed by atoms with Gasteiger partial charge in [0.25, 0.3) is 5.91 Å². The molecule has 5 nitrogen and oxygen atoms in total. The van der Waals surface area contributed by atoms with E-state index in [0.29, 0.717) is 18.7 Å². The van der Waals surface area contributed by atoms with E-state index in [1.165, 1.54) is 0 Å². The Kier molecular flexibility index (Phi) is 5.18. The quantitative estimate of drug-likeness (QED) is 0.749. The van der Waals surface area contributed by atoms with E-state index in [1.54, 1.807) is 42.8 Å². The smallest absolute Gasteiger partial charge is 0.269 e. The highest BCUT2D eigenvalue weighted by Gasteiger charge is 2.08. The number of carbonyl (C=O) groups excluding carboxylic acids is 1. The third-order valence-electron chi connectivity index (χ3n) is 3.46. The van der Waals surface area contributed by atoms with Crippen LogP contribution in [-0.4, -0.2) is 29.5 Å². The molecule has 0 unspecified atom stereocenters. The number of hydrogen-bond acceptors (Lipinski definition) is 5. The van der Waals surface area contributed by atoms with Crippen LogP contribution in [0, 0.1) is 0 Å². The largest absolute Gasteiger partial charge is 0.497 e. The van der Waals surface area contributed by atoms with Crippen LogP contribution < -0.4 is 10.1 Å². The summed E-state index contributed by atoms with van der Waals surface area (Å²) in [6.45, 7) is 0.533. The van der Waals surface area contributed by atoms with Gasteiger partial charge in [0.2, 0.25) is 0 Å². The van der Waals surface area contributed by atoms with Gasteiger partial charge in [-0.25, -0.2) is 4.98 Å². The highest BCUT2D eigenvalue weighted by Crippen LogP contribution is 2.24. The second kappa shape index (κ2) is 7.70. The lowest BCUT2D eigenvalue weighted by Crippen LogP contribution is -2.26. The zero-order valence-electron chi connectivity index (χ0n) is 13.2. The summed E-state index contributed by atoms with van der Waals surface area (Å²) in [5.74, 6) is 0.661. The van der Waals surface area contributed by atoms with Crippen LogP contribution in [0.25, 0.3) is 11.3 Å². The maximum Gasteiger partial charge on any atom is 0.269 e. The summed E-state index contributed by atoms with van der Waals surface area (Å²) in [6, 6.07) is 13.1. The Bertz CT molecular complexity index is 801. The lowest BCUT2D eigenvalue weighted by Gasteiger charge is -2.03. The van der Waals surface area contributed by atoms with Crippen LogP contribution in [-0.2, 0) is 6.42 Å². The summed E-state index contributed by atoms with van der Waals surface area (Å²) in [6.07, 6.45) is 2.30. The Hall–Kier alpha value is -2.73. The lowest BCUT2D eigenvalue weighted by molar-refractivity contribution is 0.0949. The number of methoxy groups -OCH3 is 1. The first-order valence-corrected chi connectivity index (χ1v) is 8.42. The van der Waals surface area contributed by atoms with E-state index in [0.717, 1.165) is 22.0 Å². The van der Waals surface area contributed by atoms with Crippen molar-refractivity contribution >= 4 is 17.2 Å². The summed E-state index contributed by atoms with van der Waals surface area (Å²) >= 11 is 1.59. The van der Waals surface area contributed by atoms with Gasteiger partial charge in [-0.05, 0) is 36.4 Å². The summed E-state index contributed by atoms with van der Waals surface area (Å²) in [5, 5.41) is 5.87. The fourth-order valence-corrected chi connectivity index (χ4v) is 3.00. The Morgan fingerprint density at radius 3 is 2.75 bits per heavy atom. The minimum Gasteiger partial charge on any atom is -0.497 e. The van der Waals surface area contributed by atoms with Crippen LogP contribution in [0.15, 0.2) is 54.0 Å². The number of amides is 1. The molecule has 1 N–H and O–H groups in total. The molecule has 0 aliphatic rings. The number of thiazole rings is 1. The number of carbonyl (C=O) groups is 1. The van der Waals surface area contributed by atoms with Gasteiger partial charge in [-0.3, -0.25) is 9.78 Å². The second-order valence-electron chi connectivity index (χ2n) is 5.08. The molecule has 1 amide bonds. The molecule has 1 aromatic carbocycles. The van der Waals surface area contributed by atoms with E-state index in [1.807, 2.05) is 29.6 Å². The van der Waals surface area contributed by atoms with Crippen LogP contribution in [0.4, 0.5) is 0 Å². The molecule has 2 aromatic heterocycles. The van der Waals surface area contributed by atoms with Gasteiger partial charge in [0.15, 0.2) is 0 Å². The molecule has 6 heteroatoms. The van der Waals surface area contributed by atoms with E-state index in [4.69, 9.17) is 4.74 Å². The predicted molar refractivity (Wildman–Crippen MR) is 94.4 cm³/mol. The first-order chi connectivity index (χ1) is 11.8. The van der Waals surface area contributed by atoms with Gasteiger partial charge in [-0.15, -0.1) is 11.3 Å². The molecule has 3 aromatic rings. The van der Waals surface area contributed by atoms with Crippen molar-refractivity contribution in [1.29, 1.82) is 0 Å². The minimum atomic E-state index is -0.164. The molecule has 0 saturated carbocycles. The SMILES string of the molecule is COc1ccc(-c2csc(CCNC(=O)c3ccccn3)n2)cc1. The Morgan fingerprint density at radius 1 is 1.21 bits per heavy atom. The number of rotatable bonds is 6. The molecular formula is C18H17N3O2S. The van der Waals surface area contributed by atoms with Gasteiger partial charge >= 0.3 is 0 Å². The Labute approximate surface area is 144 Å². The average Bonchev–Trinajstić information content (AvgIpc) is 3.11. The van der Waals surface area contributed by atoms with Gasteiger partial charge in [-0.2, -0.15) is 0 Å². The number of ether oxygens (including phenoxy) is 1. The standard InChI is InChI=1S/C18H17N3O2S/c1-23-14-7-5-13(6-8-14)16-12-24-17(21-16)9-11-20-18(22)15-4-2-3-10-19-15/h2-8,10,12H,9,11H2,1H3,(H,20,22). The van der Waals surface area contributed by atoms with E-state index in [-0.39, 0.29) is 5.91 Å². The molecule has 0 saturated heterocycles.